The number of phenolic OH excluding ortho intramolecular Hbond substituents is 1. The number of halogens is 6. The lowest BCUT2D eigenvalue weighted by atomic mass is 9.88. The SMILES string of the molecule is O=C(O)c1c(Cl)c(Cl)c(Cl)c(Cl)c1-c1c2cc(Cl)c(=O)c(CN(Cc3ccccn3)Cc3cccs3)c-2oc2c(CN(Cc3ccccn3)Cc3cccs3)c(O)c(Cl)cc12. The minimum atomic E-state index is -1.46. The van der Waals surface area contributed by atoms with Crippen molar-refractivity contribution in [1.29, 1.82) is 0 Å². The Morgan fingerprint density at radius 2 is 1.23 bits per heavy atom. The van der Waals surface area contributed by atoms with E-state index in [4.69, 9.17) is 74.0 Å². The van der Waals surface area contributed by atoms with Crippen molar-refractivity contribution in [3.05, 3.63) is 174 Å². The zero-order valence-corrected chi connectivity index (χ0v) is 37.6. The van der Waals surface area contributed by atoms with Crippen LogP contribution in [0.25, 0.3) is 33.4 Å². The van der Waals surface area contributed by atoms with Gasteiger partial charge in [-0.15, -0.1) is 22.7 Å². The number of carboxylic acids is 1. The summed E-state index contributed by atoms with van der Waals surface area (Å²) >= 11 is 43.7. The summed E-state index contributed by atoms with van der Waals surface area (Å²) in [6.45, 7) is 1.67. The zero-order valence-electron chi connectivity index (χ0n) is 31.5. The largest absolute Gasteiger partial charge is 0.506 e. The number of thiophene rings is 2. The Bertz CT molecular complexity index is 2920. The third kappa shape index (κ3) is 9.01. The number of aromatic nitrogens is 2. The fourth-order valence-electron chi connectivity index (χ4n) is 7.29. The van der Waals surface area contributed by atoms with Gasteiger partial charge < -0.3 is 14.6 Å². The van der Waals surface area contributed by atoms with E-state index in [0.717, 1.165) is 21.1 Å². The Morgan fingerprint density at radius 1 is 0.656 bits per heavy atom. The molecule has 0 bridgehead atoms. The Hall–Kier alpha value is -4.24. The molecule has 17 heteroatoms. The summed E-state index contributed by atoms with van der Waals surface area (Å²) in [5.74, 6) is -1.69. The van der Waals surface area contributed by atoms with Gasteiger partial charge in [0.05, 0.1) is 58.2 Å². The molecule has 0 saturated heterocycles. The van der Waals surface area contributed by atoms with Gasteiger partial charge in [0.15, 0.2) is 0 Å². The maximum absolute atomic E-state index is 14.4. The van der Waals surface area contributed by atoms with E-state index in [2.05, 4.69) is 14.9 Å². The van der Waals surface area contributed by atoms with Crippen LogP contribution in [0.1, 0.15) is 42.6 Å². The van der Waals surface area contributed by atoms with Gasteiger partial charge in [0, 0.05) is 83.5 Å². The van der Waals surface area contributed by atoms with Crippen LogP contribution in [0.5, 0.6) is 5.75 Å². The highest BCUT2D eigenvalue weighted by Crippen LogP contribution is 2.53. The van der Waals surface area contributed by atoms with Gasteiger partial charge in [-0.1, -0.05) is 93.9 Å². The average molecular weight is 972 g/mol. The second kappa shape index (κ2) is 18.6. The number of nitrogens with zero attached hydrogens (tertiary/aromatic N) is 4. The van der Waals surface area contributed by atoms with Crippen molar-refractivity contribution in [2.45, 2.75) is 39.3 Å². The van der Waals surface area contributed by atoms with Gasteiger partial charge in [0.25, 0.3) is 0 Å². The van der Waals surface area contributed by atoms with Gasteiger partial charge in [0.1, 0.15) is 17.1 Å². The van der Waals surface area contributed by atoms with Crippen LogP contribution in [-0.2, 0) is 39.3 Å². The summed E-state index contributed by atoms with van der Waals surface area (Å²) in [4.78, 5) is 42.9. The predicted octanol–water partition coefficient (Wildman–Crippen LogP) is 13.2. The van der Waals surface area contributed by atoms with Crippen molar-refractivity contribution in [1.82, 2.24) is 19.8 Å². The first-order chi connectivity index (χ1) is 29.4. The molecule has 0 radical (unpaired) electrons. The number of benzene rings is 3. The van der Waals surface area contributed by atoms with Gasteiger partial charge in [-0.05, 0) is 59.3 Å². The number of aromatic hydroxyl groups is 1. The molecule has 2 aromatic carbocycles. The average Bonchev–Trinajstić information content (AvgIpc) is 3.97. The summed E-state index contributed by atoms with van der Waals surface area (Å²) in [5.41, 5.74) is 1.24. The fourth-order valence-corrected chi connectivity index (χ4v) is 10.3. The first-order valence-corrected chi connectivity index (χ1v) is 22.4. The molecule has 2 N–H and O–H groups in total. The van der Waals surface area contributed by atoms with Crippen LogP contribution < -0.4 is 5.43 Å². The lowest BCUT2D eigenvalue weighted by Crippen LogP contribution is -2.27. The molecule has 2 aliphatic rings. The topological polar surface area (TPSA) is 120 Å². The minimum Gasteiger partial charge on any atom is -0.506 e. The Labute approximate surface area is 387 Å². The monoisotopic (exact) mass is 968 g/mol. The van der Waals surface area contributed by atoms with Crippen molar-refractivity contribution >= 4 is 109 Å². The van der Waals surface area contributed by atoms with E-state index in [9.17, 15) is 19.8 Å². The third-order valence-corrected chi connectivity index (χ3v) is 14.1. The standard InChI is InChI=1S/C44H30Cl6N4O5S2/c45-31-15-27-33(34-35(44(57)58)37(48)39(50)38(49)36(34)47)28-16-32(46)41(56)30(22-54(20-26-10-6-14-61-26)18-24-8-2-4-12-52-24)43(28)59-42(27)29(40(31)55)21-53(19-25-9-5-13-60-25)17-23-7-1-3-11-51-23/h1-16,55H,17-22H2,(H,57,58). The fraction of sp³-hybridized carbons (Fsp3) is 0.136. The van der Waals surface area contributed by atoms with Gasteiger partial charge in [-0.3, -0.25) is 24.6 Å². The van der Waals surface area contributed by atoms with Crippen molar-refractivity contribution in [3.8, 4) is 28.2 Å². The molecule has 5 heterocycles. The highest BCUT2D eigenvalue weighted by molar-refractivity contribution is 7.10. The maximum atomic E-state index is 14.4. The van der Waals surface area contributed by atoms with Crippen molar-refractivity contribution < 1.29 is 19.4 Å². The minimum absolute atomic E-state index is 0.0134. The van der Waals surface area contributed by atoms with E-state index in [1.54, 1.807) is 35.1 Å². The summed E-state index contributed by atoms with van der Waals surface area (Å²) in [6, 6.07) is 21.9. The summed E-state index contributed by atoms with van der Waals surface area (Å²) < 4.78 is 6.90. The Morgan fingerprint density at radius 3 is 1.75 bits per heavy atom. The van der Waals surface area contributed by atoms with E-state index in [1.807, 2.05) is 76.3 Å². The van der Waals surface area contributed by atoms with Crippen LogP contribution in [-0.4, -0.2) is 36.0 Å². The molecule has 6 aromatic rings. The second-order valence-corrected chi connectivity index (χ2v) is 18.4. The van der Waals surface area contributed by atoms with E-state index in [-0.39, 0.29) is 93.5 Å². The number of hydrogen-bond acceptors (Lipinski definition) is 10. The molecule has 0 amide bonds. The van der Waals surface area contributed by atoms with E-state index >= 15 is 0 Å². The normalized spacial score (nSPS) is 11.7. The van der Waals surface area contributed by atoms with Gasteiger partial charge >= 0.3 is 5.97 Å². The Kier molecular flexibility index (Phi) is 13.3. The number of fused-ring (bicyclic) bond motifs is 2. The molecule has 0 unspecified atom stereocenters. The predicted molar refractivity (Wildman–Crippen MR) is 246 cm³/mol. The quantitative estimate of drug-likeness (QED) is 0.0623. The molecule has 61 heavy (non-hydrogen) atoms. The van der Waals surface area contributed by atoms with Crippen LogP contribution in [0.4, 0.5) is 0 Å². The smallest absolute Gasteiger partial charge is 0.337 e. The number of carbonyl (C=O) groups is 1. The summed E-state index contributed by atoms with van der Waals surface area (Å²) in [5, 5.41) is 25.5. The van der Waals surface area contributed by atoms with Crippen LogP contribution in [0.3, 0.4) is 0 Å². The molecule has 1 aliphatic heterocycles. The first kappa shape index (κ1) is 43.4. The summed E-state index contributed by atoms with van der Waals surface area (Å²) in [6.07, 6.45) is 3.40. The molecule has 9 nitrogen and oxygen atoms in total. The molecule has 4 aromatic heterocycles. The number of phenols is 1. The highest BCUT2D eigenvalue weighted by Gasteiger charge is 2.34. The molecule has 310 valence electrons. The van der Waals surface area contributed by atoms with Crippen molar-refractivity contribution in [3.63, 3.8) is 0 Å². The van der Waals surface area contributed by atoms with Gasteiger partial charge in [-0.25, -0.2) is 4.79 Å². The zero-order chi connectivity index (χ0) is 42.9. The highest BCUT2D eigenvalue weighted by atomic mass is 35.5. The first-order valence-electron chi connectivity index (χ1n) is 18.4. The molecule has 0 saturated carbocycles. The second-order valence-electron chi connectivity index (χ2n) is 14.0. The van der Waals surface area contributed by atoms with Crippen molar-refractivity contribution in [2.75, 3.05) is 0 Å². The molecule has 0 atom stereocenters. The van der Waals surface area contributed by atoms with Crippen LogP contribution in [0, 0.1) is 0 Å². The third-order valence-electron chi connectivity index (χ3n) is 9.96. The summed E-state index contributed by atoms with van der Waals surface area (Å²) in [7, 11) is 0. The van der Waals surface area contributed by atoms with Gasteiger partial charge in [-0.2, -0.15) is 0 Å². The molecule has 1 aliphatic carbocycles. The number of hydrogen-bond donors (Lipinski definition) is 2. The van der Waals surface area contributed by atoms with E-state index in [0.29, 0.717) is 26.2 Å². The van der Waals surface area contributed by atoms with E-state index < -0.39 is 17.0 Å². The van der Waals surface area contributed by atoms with Crippen LogP contribution in [0.2, 0.25) is 30.1 Å². The molecule has 0 spiro atoms. The van der Waals surface area contributed by atoms with Crippen molar-refractivity contribution in [2.24, 2.45) is 0 Å². The molecule has 8 rings (SSSR count). The number of carboxylic acid groups (broad SMARTS) is 1. The molecular formula is C44H30Cl6N4O5S2. The number of pyridine rings is 2. The van der Waals surface area contributed by atoms with Gasteiger partial charge in [0.2, 0.25) is 5.43 Å². The number of rotatable bonds is 14. The maximum Gasteiger partial charge on any atom is 0.337 e. The lowest BCUT2D eigenvalue weighted by Gasteiger charge is -2.27. The lowest BCUT2D eigenvalue weighted by molar-refractivity contribution is 0.0698. The number of aromatic carboxylic acids is 1. The molecule has 0 fully saturated rings. The molecular weight excluding hydrogens is 941 g/mol. The van der Waals surface area contributed by atoms with E-state index in [1.165, 1.54) is 12.1 Å². The van der Waals surface area contributed by atoms with Crippen LogP contribution in [0.15, 0.2) is 105 Å². The van der Waals surface area contributed by atoms with Crippen LogP contribution >= 0.6 is 92.3 Å². The Balaban J connectivity index is 1.43.